The Balaban J connectivity index is 2.23. The highest BCUT2D eigenvalue weighted by molar-refractivity contribution is 5.76. The van der Waals surface area contributed by atoms with Crippen LogP contribution >= 0.6 is 0 Å². The fourth-order valence-electron chi connectivity index (χ4n) is 9.66. The topological polar surface area (TPSA) is 149 Å². The van der Waals surface area contributed by atoms with Crippen molar-refractivity contribution >= 4 is 5.91 Å². The lowest BCUT2D eigenvalue weighted by molar-refractivity contribution is -0.302. The molecule has 0 aromatic rings. The van der Waals surface area contributed by atoms with Crippen LogP contribution in [-0.2, 0) is 14.3 Å². The molecular weight excluding hydrogens is 1070 g/mol. The minimum Gasteiger partial charge on any atom is -0.394 e. The Morgan fingerprint density at radius 1 is 0.407 bits per heavy atom. The molecule has 0 bridgehead atoms. The maximum Gasteiger partial charge on any atom is 0.220 e. The number of unbranched alkanes of at least 4 members (excludes halogenated alkanes) is 21. The Bertz CT molecular complexity index is 1960. The van der Waals surface area contributed by atoms with Gasteiger partial charge in [0.05, 0.1) is 25.4 Å². The third-order valence-corrected chi connectivity index (χ3v) is 15.0. The molecule has 6 N–H and O–H groups in total. The number of aliphatic hydroxyl groups is 5. The molecule has 1 heterocycles. The van der Waals surface area contributed by atoms with Gasteiger partial charge in [-0.15, -0.1) is 0 Å². The highest BCUT2D eigenvalue weighted by atomic mass is 16.7. The summed E-state index contributed by atoms with van der Waals surface area (Å²) in [5.41, 5.74) is 0. The van der Waals surface area contributed by atoms with Gasteiger partial charge in [-0.2, -0.15) is 0 Å². The monoisotopic (exact) mass is 1190 g/mol. The van der Waals surface area contributed by atoms with E-state index in [0.29, 0.717) is 19.3 Å². The predicted octanol–water partition coefficient (Wildman–Crippen LogP) is 18.9. The standard InChI is InChI=1S/C77H125NO8/c1-3-5-7-9-11-13-15-17-19-21-23-25-27-29-30-31-32-33-34-35-36-37-38-39-40-41-42-43-45-47-49-51-53-55-57-59-61-63-65-67-73(81)78-70(69-85-77-76(84)75(83)74(82)72(68-79)86-77)71(80)66-64-62-60-58-56-54-52-50-48-46-44-28-26-24-22-20-18-16-14-12-10-8-6-4-2/h5,7,11,13,17,19,23,25,29-30,32-33,35-36,38-39,41-42,45,47-48,50-51,53,56,58,64,66,70-72,74-77,79-80,82-84H,3-4,6,8-10,12,14-16,18,20-22,24,26-28,31,34,37,40,43-44,46,49,52,54-55,57,59-63,65,67-69H2,1-2H3,(H,78,81)/b7-5-,13-11-,19-17-,25-23-,30-29-,33-32-,36-35-,39-38-,42-41-,47-45-,50-48+,53-51-,58-56+,66-64+. The third kappa shape index (κ3) is 51.6. The van der Waals surface area contributed by atoms with Gasteiger partial charge < -0.3 is 40.3 Å². The zero-order valence-electron chi connectivity index (χ0n) is 54.2. The number of carbonyl (C=O) groups is 1. The molecule has 0 aliphatic carbocycles. The molecule has 0 saturated carbocycles. The van der Waals surface area contributed by atoms with Crippen molar-refractivity contribution in [2.45, 2.75) is 294 Å². The first kappa shape index (κ1) is 79.6. The molecule has 9 heteroatoms. The number of aliphatic hydroxyl groups excluding tert-OH is 5. The van der Waals surface area contributed by atoms with Crippen LogP contribution in [0.4, 0.5) is 0 Å². The van der Waals surface area contributed by atoms with Crippen LogP contribution in [0.25, 0.3) is 0 Å². The van der Waals surface area contributed by atoms with E-state index in [-0.39, 0.29) is 12.5 Å². The molecule has 9 nitrogen and oxygen atoms in total. The number of hydrogen-bond donors (Lipinski definition) is 6. The molecule has 1 saturated heterocycles. The minimum absolute atomic E-state index is 0.216. The summed E-state index contributed by atoms with van der Waals surface area (Å²) in [6.45, 7) is 3.63. The third-order valence-electron chi connectivity index (χ3n) is 15.0. The van der Waals surface area contributed by atoms with Crippen LogP contribution in [0.5, 0.6) is 0 Å². The van der Waals surface area contributed by atoms with Gasteiger partial charge in [0.2, 0.25) is 5.91 Å². The van der Waals surface area contributed by atoms with Crippen molar-refractivity contribution < 1.29 is 39.8 Å². The first-order valence-electron chi connectivity index (χ1n) is 34.4. The number of carbonyl (C=O) groups excluding carboxylic acids is 1. The average molecular weight is 1190 g/mol. The largest absolute Gasteiger partial charge is 0.394 e. The van der Waals surface area contributed by atoms with Gasteiger partial charge in [0.25, 0.3) is 0 Å². The molecule has 7 atom stereocenters. The van der Waals surface area contributed by atoms with Gasteiger partial charge >= 0.3 is 0 Å². The van der Waals surface area contributed by atoms with Crippen molar-refractivity contribution in [2.24, 2.45) is 0 Å². The summed E-state index contributed by atoms with van der Waals surface area (Å²) in [6, 6.07) is -0.854. The fraction of sp³-hybridized carbons (Fsp3) is 0.623. The lowest BCUT2D eigenvalue weighted by Crippen LogP contribution is -2.60. The van der Waals surface area contributed by atoms with E-state index in [1.54, 1.807) is 6.08 Å². The van der Waals surface area contributed by atoms with Crippen LogP contribution in [0, 0.1) is 0 Å². The normalized spacial score (nSPS) is 19.2. The van der Waals surface area contributed by atoms with E-state index in [4.69, 9.17) is 9.47 Å². The molecule has 0 aromatic carbocycles. The summed E-state index contributed by atoms with van der Waals surface area (Å²) in [5.74, 6) is -0.216. The molecule has 1 fully saturated rings. The van der Waals surface area contributed by atoms with Crippen molar-refractivity contribution in [3.63, 3.8) is 0 Å². The number of rotatable bonds is 57. The average Bonchev–Trinajstić information content (AvgIpc) is 3.55. The van der Waals surface area contributed by atoms with Crippen LogP contribution in [0.15, 0.2) is 170 Å². The molecule has 86 heavy (non-hydrogen) atoms. The van der Waals surface area contributed by atoms with E-state index >= 15 is 0 Å². The van der Waals surface area contributed by atoms with Gasteiger partial charge in [0, 0.05) is 6.42 Å². The Labute approximate surface area is 526 Å². The summed E-state index contributed by atoms with van der Waals surface area (Å²) in [6.07, 6.45) is 94.4. The van der Waals surface area contributed by atoms with Crippen LogP contribution in [-0.4, -0.2) is 87.5 Å². The molecule has 1 amide bonds. The summed E-state index contributed by atoms with van der Waals surface area (Å²) >= 11 is 0. The zero-order valence-corrected chi connectivity index (χ0v) is 54.2. The molecular formula is C77H125NO8. The highest BCUT2D eigenvalue weighted by Gasteiger charge is 2.44. The smallest absolute Gasteiger partial charge is 0.220 e. The van der Waals surface area contributed by atoms with Crippen molar-refractivity contribution in [3.8, 4) is 0 Å². The highest BCUT2D eigenvalue weighted by Crippen LogP contribution is 2.23. The van der Waals surface area contributed by atoms with Crippen molar-refractivity contribution in [3.05, 3.63) is 170 Å². The lowest BCUT2D eigenvalue weighted by Gasteiger charge is -2.40. The maximum absolute atomic E-state index is 13.1. The molecule has 0 spiro atoms. The van der Waals surface area contributed by atoms with Crippen LogP contribution in [0.2, 0.25) is 0 Å². The number of hydrogen-bond acceptors (Lipinski definition) is 8. The molecule has 486 valence electrons. The van der Waals surface area contributed by atoms with Crippen molar-refractivity contribution in [1.29, 1.82) is 0 Å². The van der Waals surface area contributed by atoms with Gasteiger partial charge in [-0.25, -0.2) is 0 Å². The molecule has 1 aliphatic rings. The van der Waals surface area contributed by atoms with Gasteiger partial charge in [-0.1, -0.05) is 287 Å². The summed E-state index contributed by atoms with van der Waals surface area (Å²) in [7, 11) is 0. The second kappa shape index (κ2) is 63.6. The molecule has 1 aliphatic heterocycles. The summed E-state index contributed by atoms with van der Waals surface area (Å²) in [5, 5.41) is 54.7. The van der Waals surface area contributed by atoms with E-state index < -0.39 is 49.5 Å². The molecule has 1 rings (SSSR count). The first-order valence-corrected chi connectivity index (χ1v) is 34.4. The summed E-state index contributed by atoms with van der Waals surface area (Å²) < 4.78 is 11.3. The second-order valence-electron chi connectivity index (χ2n) is 22.9. The van der Waals surface area contributed by atoms with E-state index in [1.165, 1.54) is 89.9 Å². The van der Waals surface area contributed by atoms with E-state index in [9.17, 15) is 30.3 Å². The number of nitrogens with one attached hydrogen (secondary N) is 1. The SMILES string of the molecule is CC/C=C\C/C=C\C/C=C\C/C=C\C/C=C\C/C=C\C/C=C\C/C=C\C/C=C\C/C=C\C/C=C\CCCCCCCC(=O)NC(COC1OC(CO)C(O)C(O)C1O)C(O)/C=C/CC/C=C/CC/C=C/CCCCCCCCCCCCCCCC. The molecule has 0 radical (unpaired) electrons. The second-order valence-corrected chi connectivity index (χ2v) is 22.9. The van der Waals surface area contributed by atoms with Gasteiger partial charge in [0.15, 0.2) is 6.29 Å². The van der Waals surface area contributed by atoms with Crippen LogP contribution in [0.1, 0.15) is 251 Å². The molecule has 0 aromatic heterocycles. The van der Waals surface area contributed by atoms with Crippen molar-refractivity contribution in [2.75, 3.05) is 13.2 Å². The number of allylic oxidation sites excluding steroid dienone is 27. The maximum atomic E-state index is 13.1. The Morgan fingerprint density at radius 3 is 1.12 bits per heavy atom. The number of amides is 1. The molecule has 7 unspecified atom stereocenters. The minimum atomic E-state index is -1.59. The van der Waals surface area contributed by atoms with Gasteiger partial charge in [0.1, 0.15) is 24.4 Å². The quantitative estimate of drug-likeness (QED) is 0.0261. The Kier molecular flexibility index (Phi) is 58.8. The lowest BCUT2D eigenvalue weighted by atomic mass is 9.99. The van der Waals surface area contributed by atoms with Gasteiger partial charge in [-0.05, 0) is 128 Å². The van der Waals surface area contributed by atoms with E-state index in [0.717, 1.165) is 128 Å². The van der Waals surface area contributed by atoms with Crippen molar-refractivity contribution in [1.82, 2.24) is 5.32 Å². The Hall–Kier alpha value is -4.45. The first-order chi connectivity index (χ1) is 42.3. The van der Waals surface area contributed by atoms with E-state index in [2.05, 4.69) is 177 Å². The van der Waals surface area contributed by atoms with Crippen LogP contribution in [0.3, 0.4) is 0 Å². The Morgan fingerprint density at radius 2 is 0.733 bits per heavy atom. The predicted molar refractivity (Wildman–Crippen MR) is 368 cm³/mol. The van der Waals surface area contributed by atoms with Gasteiger partial charge in [-0.3, -0.25) is 4.79 Å². The summed E-state index contributed by atoms with van der Waals surface area (Å²) in [4.78, 5) is 13.1. The van der Waals surface area contributed by atoms with Crippen LogP contribution < -0.4 is 5.32 Å². The number of ether oxygens (including phenoxy) is 2. The fourth-order valence-corrected chi connectivity index (χ4v) is 9.66. The van der Waals surface area contributed by atoms with E-state index in [1.807, 2.05) is 6.08 Å². The zero-order chi connectivity index (χ0) is 62.1.